The van der Waals surface area contributed by atoms with E-state index in [-0.39, 0.29) is 17.1 Å². The Balaban J connectivity index is 1.99. The molecule has 4 rings (SSSR count). The number of aromatic amines is 1. The summed E-state index contributed by atoms with van der Waals surface area (Å²) in [5.41, 5.74) is 2.70. The molecule has 0 aliphatic carbocycles. The first-order valence-electron chi connectivity index (χ1n) is 10.2. The van der Waals surface area contributed by atoms with Gasteiger partial charge in [-0.3, -0.25) is 4.79 Å². The molecule has 0 spiro atoms. The van der Waals surface area contributed by atoms with Crippen molar-refractivity contribution in [3.05, 3.63) is 53.2 Å². The number of alkyl halides is 3. The third-order valence-corrected chi connectivity index (χ3v) is 5.63. The molecule has 4 aromatic rings. The van der Waals surface area contributed by atoms with Gasteiger partial charge in [-0.05, 0) is 51.1 Å². The number of hydrogen-bond donors (Lipinski definition) is 1. The topological polar surface area (TPSA) is 85.7 Å². The number of aryl methyl sites for hydroxylation is 1. The van der Waals surface area contributed by atoms with Gasteiger partial charge in [0.15, 0.2) is 5.82 Å². The minimum Gasteiger partial charge on any atom is -0.358 e. The van der Waals surface area contributed by atoms with Crippen molar-refractivity contribution in [1.82, 2.24) is 15.0 Å². The van der Waals surface area contributed by atoms with Crippen LogP contribution in [0.1, 0.15) is 35.5 Å². The van der Waals surface area contributed by atoms with Crippen LogP contribution >= 0.6 is 0 Å². The maximum atomic E-state index is 13.2. The monoisotopic (exact) mass is 451 g/mol. The molecule has 6 nitrogen and oxygen atoms in total. The van der Waals surface area contributed by atoms with E-state index in [1.165, 1.54) is 13.0 Å². The molecule has 2 aromatic heterocycles. The van der Waals surface area contributed by atoms with E-state index in [9.17, 15) is 23.2 Å². The van der Waals surface area contributed by atoms with Gasteiger partial charge in [0.25, 0.3) is 5.78 Å². The molecule has 2 heterocycles. The van der Waals surface area contributed by atoms with Gasteiger partial charge in [-0.2, -0.15) is 18.4 Å². The number of anilines is 1. The third-order valence-electron chi connectivity index (χ3n) is 5.63. The lowest BCUT2D eigenvalue weighted by atomic mass is 10.0. The maximum absolute atomic E-state index is 13.2. The summed E-state index contributed by atoms with van der Waals surface area (Å²) < 4.78 is 39.7. The van der Waals surface area contributed by atoms with Crippen LogP contribution < -0.4 is 4.90 Å². The van der Waals surface area contributed by atoms with Crippen LogP contribution in [0.5, 0.6) is 0 Å². The molecule has 0 radical (unpaired) electrons. The Hall–Kier alpha value is -3.93. The number of H-pyrrole nitrogens is 1. The second-order valence-electron chi connectivity index (χ2n) is 8.13. The van der Waals surface area contributed by atoms with E-state index in [4.69, 9.17) is 9.97 Å². The first-order valence-corrected chi connectivity index (χ1v) is 10.2. The van der Waals surface area contributed by atoms with Gasteiger partial charge in [-0.25, -0.2) is 9.97 Å². The fourth-order valence-electron chi connectivity index (χ4n) is 3.71. The number of nitrogens with zero attached hydrogens (tertiary/aromatic N) is 4. The largest absolute Gasteiger partial charge is 0.454 e. The summed E-state index contributed by atoms with van der Waals surface area (Å²) in [6.45, 7) is 5.39. The van der Waals surface area contributed by atoms with Crippen LogP contribution in [0.3, 0.4) is 0 Å². The quantitative estimate of drug-likeness (QED) is 0.411. The Bertz CT molecular complexity index is 1450. The second kappa shape index (κ2) is 7.89. The zero-order chi connectivity index (χ0) is 24.1. The molecule has 9 heteroatoms. The van der Waals surface area contributed by atoms with Crippen LogP contribution in [-0.4, -0.2) is 40.0 Å². The van der Waals surface area contributed by atoms with E-state index in [0.29, 0.717) is 39.2 Å². The molecule has 0 bridgehead atoms. The smallest absolute Gasteiger partial charge is 0.358 e. The van der Waals surface area contributed by atoms with Crippen LogP contribution in [0.2, 0.25) is 0 Å². The molecule has 0 saturated heterocycles. The molecule has 0 fully saturated rings. The summed E-state index contributed by atoms with van der Waals surface area (Å²) >= 11 is 0. The van der Waals surface area contributed by atoms with Gasteiger partial charge in [-0.15, -0.1) is 0 Å². The highest BCUT2D eigenvalue weighted by Gasteiger charge is 2.41. The summed E-state index contributed by atoms with van der Waals surface area (Å²) in [5, 5.41) is 9.38. The van der Waals surface area contributed by atoms with Crippen LogP contribution in [-0.2, 0) is 0 Å². The highest BCUT2D eigenvalue weighted by molar-refractivity contribution is 6.12. The van der Waals surface area contributed by atoms with Gasteiger partial charge in [0.05, 0.1) is 28.2 Å². The molecule has 2 aromatic carbocycles. The number of benzene rings is 2. The van der Waals surface area contributed by atoms with Crippen molar-refractivity contribution < 1.29 is 18.0 Å². The molecule has 0 atom stereocenters. The fraction of sp³-hybridized carbons (Fsp3) is 0.250. The molecule has 0 saturated carbocycles. The average Bonchev–Trinajstić information content (AvgIpc) is 3.10. The lowest BCUT2D eigenvalue weighted by Crippen LogP contribution is -2.27. The minimum atomic E-state index is -4.99. The van der Waals surface area contributed by atoms with Crippen LogP contribution in [0, 0.1) is 18.3 Å². The first kappa shape index (κ1) is 22.3. The van der Waals surface area contributed by atoms with Crippen LogP contribution in [0.15, 0.2) is 36.4 Å². The van der Waals surface area contributed by atoms with Crippen molar-refractivity contribution in [2.45, 2.75) is 33.0 Å². The number of nitriles is 1. The molecular weight excluding hydrogens is 431 g/mol. The number of ketones is 1. The maximum Gasteiger partial charge on any atom is 0.454 e. The zero-order valence-corrected chi connectivity index (χ0v) is 18.4. The lowest BCUT2D eigenvalue weighted by Gasteiger charge is -2.25. The number of carbonyl (C=O) groups excluding carboxylic acids is 1. The van der Waals surface area contributed by atoms with E-state index in [2.05, 4.69) is 11.1 Å². The van der Waals surface area contributed by atoms with Crippen LogP contribution in [0.4, 0.5) is 19.0 Å². The van der Waals surface area contributed by atoms with E-state index in [0.717, 1.165) is 0 Å². The second-order valence-corrected chi connectivity index (χ2v) is 8.13. The minimum absolute atomic E-state index is 0.0512. The van der Waals surface area contributed by atoms with Crippen LogP contribution in [0.25, 0.3) is 33.2 Å². The number of hydrogen-bond acceptors (Lipinski definition) is 5. The first-order chi connectivity index (χ1) is 15.5. The molecule has 0 aliphatic rings. The van der Waals surface area contributed by atoms with Crippen molar-refractivity contribution in [3.8, 4) is 17.3 Å². The summed E-state index contributed by atoms with van der Waals surface area (Å²) in [6, 6.07) is 12.0. The lowest BCUT2D eigenvalue weighted by molar-refractivity contribution is -0.0884. The van der Waals surface area contributed by atoms with E-state index >= 15 is 0 Å². The van der Waals surface area contributed by atoms with Crippen molar-refractivity contribution >= 4 is 33.5 Å². The Kier molecular flexibility index (Phi) is 5.32. The number of halogens is 3. The summed E-state index contributed by atoms with van der Waals surface area (Å²) in [5.74, 6) is -1.38. The van der Waals surface area contributed by atoms with Gasteiger partial charge in [0, 0.05) is 35.2 Å². The van der Waals surface area contributed by atoms with E-state index in [1.807, 2.05) is 25.8 Å². The number of nitrogens with one attached hydrogen (secondary N) is 1. The van der Waals surface area contributed by atoms with Crippen molar-refractivity contribution in [1.29, 1.82) is 5.26 Å². The standard InChI is InChI=1S/C24H20F3N5O/c1-12(2)32(4)23-21(30-18-7-5-14(11-28)9-19(18)31-23)15-6-8-17-16(10-15)20(13(3)29-17)22(33)24(25,26)27/h5-10,12,29H,1-4H3. The summed E-state index contributed by atoms with van der Waals surface area (Å²) in [6.07, 6.45) is -4.99. The number of rotatable bonds is 4. The Morgan fingerprint density at radius 1 is 1.12 bits per heavy atom. The molecule has 0 aliphatic heterocycles. The molecule has 0 amide bonds. The van der Waals surface area contributed by atoms with Gasteiger partial charge in [-0.1, -0.05) is 6.07 Å². The SMILES string of the molecule is Cc1[nH]c2ccc(-c3nc4ccc(C#N)cc4nc3N(C)C(C)C)cc2c1C(=O)C(F)(F)F. The van der Waals surface area contributed by atoms with Gasteiger partial charge in [0.2, 0.25) is 0 Å². The van der Waals surface area contributed by atoms with Crippen molar-refractivity contribution in [2.24, 2.45) is 0 Å². The Labute approximate surface area is 187 Å². The Morgan fingerprint density at radius 2 is 1.85 bits per heavy atom. The summed E-state index contributed by atoms with van der Waals surface area (Å²) in [7, 11) is 1.84. The average molecular weight is 451 g/mol. The van der Waals surface area contributed by atoms with Gasteiger partial charge in [0.1, 0.15) is 5.69 Å². The molecule has 0 unspecified atom stereocenters. The highest BCUT2D eigenvalue weighted by Crippen LogP contribution is 2.35. The number of Topliss-reactive ketones (excluding diaryl/α,β-unsaturated/α-hetero) is 1. The van der Waals surface area contributed by atoms with E-state index < -0.39 is 17.5 Å². The number of carbonyl (C=O) groups is 1. The predicted molar refractivity (Wildman–Crippen MR) is 120 cm³/mol. The predicted octanol–water partition coefficient (Wildman–Crippen LogP) is 5.55. The summed E-state index contributed by atoms with van der Waals surface area (Å²) in [4.78, 5) is 26.3. The Morgan fingerprint density at radius 3 is 2.48 bits per heavy atom. The van der Waals surface area contributed by atoms with Gasteiger partial charge < -0.3 is 9.88 Å². The normalized spacial score (nSPS) is 11.8. The van der Waals surface area contributed by atoms with Crippen molar-refractivity contribution in [2.75, 3.05) is 11.9 Å². The number of fused-ring (bicyclic) bond motifs is 2. The zero-order valence-electron chi connectivity index (χ0n) is 18.4. The molecular formula is C24H20F3N5O. The highest BCUT2D eigenvalue weighted by atomic mass is 19.4. The molecule has 168 valence electrons. The van der Waals surface area contributed by atoms with Crippen molar-refractivity contribution in [3.63, 3.8) is 0 Å². The van der Waals surface area contributed by atoms with E-state index in [1.54, 1.807) is 30.3 Å². The fourth-order valence-corrected chi connectivity index (χ4v) is 3.71. The van der Waals surface area contributed by atoms with Gasteiger partial charge >= 0.3 is 6.18 Å². The number of aromatic nitrogens is 3. The third kappa shape index (κ3) is 3.89. The molecule has 1 N–H and O–H groups in total. The molecule has 33 heavy (non-hydrogen) atoms.